The van der Waals surface area contributed by atoms with E-state index in [9.17, 15) is 22.8 Å². The molecule has 12 nitrogen and oxygen atoms in total. The first kappa shape index (κ1) is 35.1. The number of amides is 3. The molecule has 0 aliphatic carbocycles. The second-order valence-corrected chi connectivity index (χ2v) is 14.2. The number of halogens is 2. The molecule has 1 aliphatic heterocycles. The van der Waals surface area contributed by atoms with Crippen LogP contribution in [0.25, 0.3) is 0 Å². The van der Waals surface area contributed by atoms with Crippen molar-refractivity contribution in [3.63, 3.8) is 0 Å². The number of nitrogens with zero attached hydrogens (tertiary/aromatic N) is 3. The van der Waals surface area contributed by atoms with Gasteiger partial charge in [-0.2, -0.15) is 9.40 Å². The van der Waals surface area contributed by atoms with Crippen LogP contribution in [0, 0.1) is 0 Å². The van der Waals surface area contributed by atoms with Gasteiger partial charge in [-0.25, -0.2) is 8.42 Å². The van der Waals surface area contributed by atoms with Gasteiger partial charge in [0, 0.05) is 37.4 Å². The van der Waals surface area contributed by atoms with Gasteiger partial charge in [-0.1, -0.05) is 55.3 Å². The fourth-order valence-corrected chi connectivity index (χ4v) is 6.97. The van der Waals surface area contributed by atoms with Crippen LogP contribution in [0.15, 0.2) is 59.5 Å². The van der Waals surface area contributed by atoms with E-state index < -0.39 is 21.8 Å². The molecule has 4 N–H and O–H groups in total. The summed E-state index contributed by atoms with van der Waals surface area (Å²) in [6.07, 6.45) is 3.83. The topological polar surface area (TPSA) is 157 Å². The fourth-order valence-electron chi connectivity index (χ4n) is 4.89. The van der Waals surface area contributed by atoms with E-state index in [0.717, 1.165) is 0 Å². The minimum Gasteiger partial charge on any atom is -0.348 e. The highest BCUT2D eigenvalue weighted by Gasteiger charge is 2.32. The molecule has 3 aromatic rings. The lowest BCUT2D eigenvalue weighted by atomic mass is 10.1. The predicted octanol–water partition coefficient (Wildman–Crippen LogP) is 4.73. The van der Waals surface area contributed by atoms with E-state index >= 15 is 0 Å². The molecule has 0 bridgehead atoms. The van der Waals surface area contributed by atoms with Crippen molar-refractivity contribution < 1.29 is 22.8 Å². The zero-order valence-corrected chi connectivity index (χ0v) is 28.3. The standard InChI is InChI=1S/C31H37Cl2N7O5S/c1-19(2)27-28(36-30(42)26-23(32)10-6-11-24(26)33)29(38-37-27)31(43)35-20-13-16-40(17-14-20)46(44,45)22-9-5-8-21(18-22)34-25(41)12-7-15-39(3)4/h5-12,18-20H,13-17H2,1-4H3,(H,34,41)(H,35,43)(H,36,42)(H,37,38). The second-order valence-electron chi connectivity index (χ2n) is 11.4. The summed E-state index contributed by atoms with van der Waals surface area (Å²) in [5.41, 5.74) is 1.19. The van der Waals surface area contributed by atoms with Gasteiger partial charge in [0.2, 0.25) is 15.9 Å². The second kappa shape index (κ2) is 15.2. The zero-order valence-electron chi connectivity index (χ0n) is 25.9. The van der Waals surface area contributed by atoms with Crippen molar-refractivity contribution in [1.29, 1.82) is 0 Å². The molecule has 4 rings (SSSR count). The monoisotopic (exact) mass is 689 g/mol. The number of sulfonamides is 1. The Balaban J connectivity index is 1.40. The van der Waals surface area contributed by atoms with E-state index in [1.807, 2.05) is 32.8 Å². The summed E-state index contributed by atoms with van der Waals surface area (Å²) >= 11 is 12.4. The average Bonchev–Trinajstić information content (AvgIpc) is 3.41. The molecule has 3 amide bonds. The van der Waals surface area contributed by atoms with Gasteiger partial charge in [0.1, 0.15) is 0 Å². The van der Waals surface area contributed by atoms with Crippen molar-refractivity contribution >= 4 is 62.3 Å². The van der Waals surface area contributed by atoms with Gasteiger partial charge in [-0.05, 0) is 63.2 Å². The molecule has 1 aliphatic rings. The lowest BCUT2D eigenvalue weighted by Gasteiger charge is -2.31. The molecule has 15 heteroatoms. The third kappa shape index (κ3) is 8.53. The van der Waals surface area contributed by atoms with Crippen molar-refractivity contribution in [3.05, 3.63) is 81.6 Å². The van der Waals surface area contributed by atoms with Crippen molar-refractivity contribution in [2.75, 3.05) is 44.4 Å². The molecule has 2 heterocycles. The van der Waals surface area contributed by atoms with Crippen molar-refractivity contribution in [3.8, 4) is 0 Å². The van der Waals surface area contributed by atoms with Crippen LogP contribution in [0.4, 0.5) is 11.4 Å². The lowest BCUT2D eigenvalue weighted by molar-refractivity contribution is -0.111. The van der Waals surface area contributed by atoms with Gasteiger partial charge in [-0.3, -0.25) is 19.5 Å². The summed E-state index contributed by atoms with van der Waals surface area (Å²) in [6, 6.07) is 10.5. The number of anilines is 2. The summed E-state index contributed by atoms with van der Waals surface area (Å²) in [5, 5.41) is 15.7. The minimum absolute atomic E-state index is 0.00861. The summed E-state index contributed by atoms with van der Waals surface area (Å²) < 4.78 is 28.2. The molecule has 1 fully saturated rings. The summed E-state index contributed by atoms with van der Waals surface area (Å²) in [6.45, 7) is 4.70. The average molecular weight is 691 g/mol. The van der Waals surface area contributed by atoms with Crippen LogP contribution < -0.4 is 16.0 Å². The van der Waals surface area contributed by atoms with Crippen molar-refractivity contribution in [2.45, 2.75) is 43.5 Å². The van der Waals surface area contributed by atoms with Crippen LogP contribution in [-0.4, -0.2) is 85.3 Å². The SMILES string of the molecule is CC(C)c1[nH]nc(C(=O)NC2CCN(S(=O)(=O)c3cccc(NC(=O)C=CCN(C)C)c3)CC2)c1NC(=O)c1c(Cl)cccc1Cl. The molecule has 46 heavy (non-hydrogen) atoms. The van der Waals surface area contributed by atoms with Crippen LogP contribution in [0.3, 0.4) is 0 Å². The molecule has 0 atom stereocenters. The minimum atomic E-state index is -3.85. The molecular weight excluding hydrogens is 653 g/mol. The molecule has 0 unspecified atom stereocenters. The highest BCUT2D eigenvalue weighted by atomic mass is 35.5. The van der Waals surface area contributed by atoms with Crippen LogP contribution in [0.2, 0.25) is 10.0 Å². The van der Waals surface area contributed by atoms with Crippen LogP contribution in [-0.2, 0) is 14.8 Å². The lowest BCUT2D eigenvalue weighted by Crippen LogP contribution is -2.46. The Labute approximate surface area is 278 Å². The van der Waals surface area contributed by atoms with Crippen LogP contribution in [0.1, 0.15) is 59.1 Å². The Morgan fingerprint density at radius 1 is 1.04 bits per heavy atom. The number of aromatic nitrogens is 2. The van der Waals surface area contributed by atoms with Gasteiger partial charge >= 0.3 is 0 Å². The number of likely N-dealkylation sites (N-methyl/N-ethyl adjacent to an activating group) is 1. The maximum absolute atomic E-state index is 13.4. The Kier molecular flexibility index (Phi) is 11.6. The molecule has 0 spiro atoms. The number of benzene rings is 2. The first-order chi connectivity index (χ1) is 21.8. The van der Waals surface area contributed by atoms with E-state index in [1.165, 1.54) is 22.5 Å². The molecule has 1 aromatic heterocycles. The third-order valence-electron chi connectivity index (χ3n) is 7.28. The first-order valence-electron chi connectivity index (χ1n) is 14.6. The Morgan fingerprint density at radius 2 is 1.70 bits per heavy atom. The largest absolute Gasteiger partial charge is 0.348 e. The van der Waals surface area contributed by atoms with E-state index in [-0.39, 0.29) is 62.8 Å². The maximum atomic E-state index is 13.4. The van der Waals surface area contributed by atoms with Crippen molar-refractivity contribution in [2.24, 2.45) is 0 Å². The van der Waals surface area contributed by atoms with E-state index in [2.05, 4.69) is 26.1 Å². The third-order valence-corrected chi connectivity index (χ3v) is 9.81. The molecule has 246 valence electrons. The van der Waals surface area contributed by atoms with Crippen molar-refractivity contribution in [1.82, 2.24) is 24.7 Å². The highest BCUT2D eigenvalue weighted by molar-refractivity contribution is 7.89. The summed E-state index contributed by atoms with van der Waals surface area (Å²) in [5.74, 6) is -1.57. The number of aromatic amines is 1. The first-order valence-corrected chi connectivity index (χ1v) is 16.8. The molecule has 1 saturated heterocycles. The number of nitrogens with one attached hydrogen (secondary N) is 4. The smallest absolute Gasteiger partial charge is 0.274 e. The molecule has 0 radical (unpaired) electrons. The van der Waals surface area contributed by atoms with Crippen LogP contribution >= 0.6 is 23.2 Å². The number of hydrogen-bond donors (Lipinski definition) is 4. The molecule has 0 saturated carbocycles. The summed E-state index contributed by atoms with van der Waals surface area (Å²) in [4.78, 5) is 40.7. The Morgan fingerprint density at radius 3 is 2.33 bits per heavy atom. The van der Waals surface area contributed by atoms with Gasteiger partial charge in [-0.15, -0.1) is 0 Å². The van der Waals surface area contributed by atoms with E-state index in [0.29, 0.717) is 30.8 Å². The molecular formula is C31H37Cl2N7O5S. The summed E-state index contributed by atoms with van der Waals surface area (Å²) in [7, 11) is -0.0893. The number of rotatable bonds is 11. The quantitative estimate of drug-likeness (QED) is 0.212. The maximum Gasteiger partial charge on any atom is 0.274 e. The fraction of sp³-hybridized carbons (Fsp3) is 0.355. The van der Waals surface area contributed by atoms with Crippen LogP contribution in [0.5, 0.6) is 0 Å². The number of piperidine rings is 1. The Hall–Kier alpha value is -3.75. The number of hydrogen-bond acceptors (Lipinski definition) is 7. The Bertz CT molecular complexity index is 1710. The van der Waals surface area contributed by atoms with Gasteiger partial charge in [0.05, 0.1) is 31.9 Å². The number of carbonyl (C=O) groups excluding carboxylic acids is 3. The normalized spacial score (nSPS) is 14.6. The molecule has 2 aromatic carbocycles. The van der Waals surface area contributed by atoms with Gasteiger partial charge in [0.25, 0.3) is 11.8 Å². The van der Waals surface area contributed by atoms with Gasteiger partial charge in [0.15, 0.2) is 5.69 Å². The predicted molar refractivity (Wildman–Crippen MR) is 179 cm³/mol. The zero-order chi connectivity index (χ0) is 33.6. The highest BCUT2D eigenvalue weighted by Crippen LogP contribution is 2.30. The number of H-pyrrole nitrogens is 1. The van der Waals surface area contributed by atoms with Gasteiger partial charge < -0.3 is 20.9 Å². The number of carbonyl (C=O) groups is 3. The van der Waals surface area contributed by atoms with E-state index in [4.69, 9.17) is 23.2 Å². The van der Waals surface area contributed by atoms with E-state index in [1.54, 1.807) is 36.4 Å².